The number of benzene rings is 1. The standard InChI is InChI=1S/C11H8F2N2O2S/c1-5-4-18-11(14-5)15-6-2-7(12)9(10(16)17)8(13)3-6/h2-4H,1H3,(H,14,15)(H,16,17). The number of halogens is 2. The van der Waals surface area contributed by atoms with Gasteiger partial charge in [0, 0.05) is 11.1 Å². The topological polar surface area (TPSA) is 62.2 Å². The first-order valence-electron chi connectivity index (χ1n) is 4.89. The molecule has 0 unspecified atom stereocenters. The average Bonchev–Trinajstić information content (AvgIpc) is 2.62. The molecule has 2 aromatic rings. The molecule has 2 N–H and O–H groups in total. The predicted molar refractivity (Wildman–Crippen MR) is 63.5 cm³/mol. The van der Waals surface area contributed by atoms with E-state index in [0.717, 1.165) is 17.8 Å². The molecule has 2 rings (SSSR count). The Kier molecular flexibility index (Phi) is 3.24. The van der Waals surface area contributed by atoms with Crippen molar-refractivity contribution >= 4 is 28.1 Å². The predicted octanol–water partition coefficient (Wildman–Crippen LogP) is 3.17. The van der Waals surface area contributed by atoms with Gasteiger partial charge in [-0.15, -0.1) is 11.3 Å². The van der Waals surface area contributed by atoms with Crippen molar-refractivity contribution in [2.45, 2.75) is 6.92 Å². The van der Waals surface area contributed by atoms with E-state index in [1.807, 2.05) is 0 Å². The number of anilines is 2. The van der Waals surface area contributed by atoms with Crippen molar-refractivity contribution in [3.63, 3.8) is 0 Å². The van der Waals surface area contributed by atoms with Gasteiger partial charge < -0.3 is 10.4 Å². The van der Waals surface area contributed by atoms with Crippen LogP contribution in [0.3, 0.4) is 0 Å². The second-order valence-corrected chi connectivity index (χ2v) is 4.40. The Bertz CT molecular complexity index is 590. The molecule has 1 heterocycles. The summed E-state index contributed by atoms with van der Waals surface area (Å²) >= 11 is 1.28. The zero-order chi connectivity index (χ0) is 13.3. The molecule has 0 aliphatic heterocycles. The molecule has 1 aromatic heterocycles. The number of aromatic nitrogens is 1. The molecule has 7 heteroatoms. The van der Waals surface area contributed by atoms with Crippen molar-refractivity contribution in [3.8, 4) is 0 Å². The third-order valence-electron chi connectivity index (χ3n) is 2.13. The van der Waals surface area contributed by atoms with Crippen LogP contribution in [0.15, 0.2) is 17.5 Å². The quantitative estimate of drug-likeness (QED) is 0.899. The molecule has 0 fully saturated rings. The van der Waals surface area contributed by atoms with E-state index >= 15 is 0 Å². The van der Waals surface area contributed by atoms with Gasteiger partial charge in [0.1, 0.15) is 17.2 Å². The largest absolute Gasteiger partial charge is 0.477 e. The molecule has 1 aromatic carbocycles. The Morgan fingerprint density at radius 1 is 1.39 bits per heavy atom. The van der Waals surface area contributed by atoms with Gasteiger partial charge in [-0.05, 0) is 19.1 Å². The average molecular weight is 270 g/mol. The van der Waals surface area contributed by atoms with Crippen molar-refractivity contribution < 1.29 is 18.7 Å². The number of nitrogens with zero attached hydrogens (tertiary/aromatic N) is 1. The zero-order valence-corrected chi connectivity index (χ0v) is 10.0. The molecule has 94 valence electrons. The number of hydrogen-bond donors (Lipinski definition) is 2. The Balaban J connectivity index is 2.33. The molecule has 0 atom stereocenters. The first-order valence-corrected chi connectivity index (χ1v) is 5.77. The van der Waals surface area contributed by atoms with E-state index in [0.29, 0.717) is 5.13 Å². The summed E-state index contributed by atoms with van der Waals surface area (Å²) in [5, 5.41) is 13.6. The number of rotatable bonds is 3. The maximum atomic E-state index is 13.4. The fourth-order valence-corrected chi connectivity index (χ4v) is 2.09. The van der Waals surface area contributed by atoms with Crippen molar-refractivity contribution in [2.24, 2.45) is 0 Å². The van der Waals surface area contributed by atoms with Crippen LogP contribution in [0.1, 0.15) is 16.1 Å². The molecule has 0 saturated carbocycles. The fourth-order valence-electron chi connectivity index (χ4n) is 1.38. The normalized spacial score (nSPS) is 10.4. The van der Waals surface area contributed by atoms with Gasteiger partial charge in [-0.3, -0.25) is 0 Å². The lowest BCUT2D eigenvalue weighted by molar-refractivity contribution is 0.0686. The monoisotopic (exact) mass is 270 g/mol. The van der Waals surface area contributed by atoms with E-state index in [-0.39, 0.29) is 5.69 Å². The highest BCUT2D eigenvalue weighted by Crippen LogP contribution is 2.24. The van der Waals surface area contributed by atoms with E-state index < -0.39 is 23.2 Å². The molecular formula is C11H8F2N2O2S. The molecule has 0 radical (unpaired) electrons. The molecule has 0 spiro atoms. The van der Waals surface area contributed by atoms with Crippen LogP contribution in [0.5, 0.6) is 0 Å². The lowest BCUT2D eigenvalue weighted by Crippen LogP contribution is -2.05. The Hall–Kier alpha value is -2.02. The fraction of sp³-hybridized carbons (Fsp3) is 0.0909. The lowest BCUT2D eigenvalue weighted by atomic mass is 10.2. The molecule has 4 nitrogen and oxygen atoms in total. The molecule has 0 aliphatic carbocycles. The minimum absolute atomic E-state index is 0.115. The van der Waals surface area contributed by atoms with Crippen molar-refractivity contribution in [1.82, 2.24) is 4.98 Å². The van der Waals surface area contributed by atoms with Crippen LogP contribution >= 0.6 is 11.3 Å². The Morgan fingerprint density at radius 3 is 2.44 bits per heavy atom. The number of carboxylic acid groups (broad SMARTS) is 1. The highest BCUT2D eigenvalue weighted by molar-refractivity contribution is 7.13. The summed E-state index contributed by atoms with van der Waals surface area (Å²) < 4.78 is 26.8. The first kappa shape index (κ1) is 12.4. The van der Waals surface area contributed by atoms with Crippen molar-refractivity contribution in [2.75, 3.05) is 5.32 Å². The summed E-state index contributed by atoms with van der Waals surface area (Å²) in [6.45, 7) is 1.79. The summed E-state index contributed by atoms with van der Waals surface area (Å²) in [4.78, 5) is 14.7. The summed E-state index contributed by atoms with van der Waals surface area (Å²) in [7, 11) is 0. The highest BCUT2D eigenvalue weighted by Gasteiger charge is 2.18. The summed E-state index contributed by atoms with van der Waals surface area (Å²) in [5.74, 6) is -3.89. The number of nitrogens with one attached hydrogen (secondary N) is 1. The third kappa shape index (κ3) is 2.45. The SMILES string of the molecule is Cc1csc(Nc2cc(F)c(C(=O)O)c(F)c2)n1. The summed E-state index contributed by atoms with van der Waals surface area (Å²) in [5.41, 5.74) is -0.0641. The maximum Gasteiger partial charge on any atom is 0.341 e. The number of aryl methyl sites for hydroxylation is 1. The van der Waals surface area contributed by atoms with E-state index in [9.17, 15) is 13.6 Å². The van der Waals surface area contributed by atoms with Gasteiger partial charge in [0.2, 0.25) is 0 Å². The van der Waals surface area contributed by atoms with Gasteiger partial charge in [0.15, 0.2) is 5.13 Å². The minimum atomic E-state index is -1.64. The smallest absolute Gasteiger partial charge is 0.341 e. The van der Waals surface area contributed by atoms with Gasteiger partial charge in [-0.1, -0.05) is 0 Å². The van der Waals surface area contributed by atoms with E-state index in [4.69, 9.17) is 5.11 Å². The Morgan fingerprint density at radius 2 is 2.00 bits per heavy atom. The van der Waals surface area contributed by atoms with E-state index in [1.54, 1.807) is 12.3 Å². The van der Waals surface area contributed by atoms with Gasteiger partial charge in [-0.25, -0.2) is 18.6 Å². The summed E-state index contributed by atoms with van der Waals surface area (Å²) in [6, 6.07) is 1.84. The zero-order valence-electron chi connectivity index (χ0n) is 9.20. The van der Waals surface area contributed by atoms with Gasteiger partial charge in [-0.2, -0.15) is 0 Å². The van der Waals surface area contributed by atoms with E-state index in [2.05, 4.69) is 10.3 Å². The third-order valence-corrected chi connectivity index (χ3v) is 3.00. The molecule has 0 saturated heterocycles. The highest BCUT2D eigenvalue weighted by atomic mass is 32.1. The van der Waals surface area contributed by atoms with E-state index in [1.165, 1.54) is 11.3 Å². The molecule has 0 bridgehead atoms. The van der Waals surface area contributed by atoms with Crippen LogP contribution < -0.4 is 5.32 Å². The van der Waals surface area contributed by atoms with Crippen molar-refractivity contribution in [1.29, 1.82) is 0 Å². The van der Waals surface area contributed by atoms with Crippen LogP contribution in [-0.4, -0.2) is 16.1 Å². The molecular weight excluding hydrogens is 262 g/mol. The van der Waals surface area contributed by atoms with Gasteiger partial charge in [0.25, 0.3) is 0 Å². The second kappa shape index (κ2) is 4.69. The number of aromatic carboxylic acids is 1. The maximum absolute atomic E-state index is 13.4. The second-order valence-electron chi connectivity index (χ2n) is 3.54. The van der Waals surface area contributed by atoms with Crippen LogP contribution in [-0.2, 0) is 0 Å². The number of hydrogen-bond acceptors (Lipinski definition) is 4. The first-order chi connectivity index (χ1) is 8.47. The van der Waals surface area contributed by atoms with Gasteiger partial charge in [0.05, 0.1) is 5.69 Å². The molecule has 0 aliphatic rings. The summed E-state index contributed by atoms with van der Waals surface area (Å²) in [6.07, 6.45) is 0. The van der Waals surface area contributed by atoms with Crippen molar-refractivity contribution in [3.05, 3.63) is 40.4 Å². The number of thiazole rings is 1. The minimum Gasteiger partial charge on any atom is -0.477 e. The Labute approximate surface area is 105 Å². The van der Waals surface area contributed by atoms with Gasteiger partial charge >= 0.3 is 5.97 Å². The van der Waals surface area contributed by atoms with Crippen LogP contribution in [0.4, 0.5) is 19.6 Å². The van der Waals surface area contributed by atoms with Crippen LogP contribution in [0, 0.1) is 18.6 Å². The van der Waals surface area contributed by atoms with Crippen LogP contribution in [0.2, 0.25) is 0 Å². The van der Waals surface area contributed by atoms with Crippen LogP contribution in [0.25, 0.3) is 0 Å². The lowest BCUT2D eigenvalue weighted by Gasteiger charge is -2.05. The molecule has 0 amide bonds. The molecule has 18 heavy (non-hydrogen) atoms. The number of carboxylic acids is 1. The number of carbonyl (C=O) groups is 1.